The molecule has 50 heavy (non-hydrogen) atoms. The summed E-state index contributed by atoms with van der Waals surface area (Å²) < 4.78 is 60.8. The summed E-state index contributed by atoms with van der Waals surface area (Å²) in [5.41, 5.74) is 1.38. The third-order valence-electron chi connectivity index (χ3n) is 11.9. The number of hydrogen-bond donors (Lipinski definition) is 1. The van der Waals surface area contributed by atoms with Crippen LogP contribution in [0.1, 0.15) is 56.6 Å². The van der Waals surface area contributed by atoms with Gasteiger partial charge in [-0.1, -0.05) is 25.5 Å². The molecule has 6 rings (SSSR count). The average molecular weight is 716 g/mol. The molecule has 0 bridgehead atoms. The van der Waals surface area contributed by atoms with Crippen LogP contribution in [0.2, 0.25) is 0 Å². The zero-order chi connectivity index (χ0) is 35.8. The normalized spacial score (nSPS) is 24.4. The number of sulfone groups is 1. The number of halogens is 2. The van der Waals surface area contributed by atoms with Crippen LogP contribution < -0.4 is 10.2 Å². The van der Waals surface area contributed by atoms with Crippen molar-refractivity contribution in [1.29, 1.82) is 0 Å². The van der Waals surface area contributed by atoms with Crippen molar-refractivity contribution in [3.05, 3.63) is 59.2 Å². The maximum absolute atomic E-state index is 15.9. The first-order chi connectivity index (χ1) is 23.7. The second kappa shape index (κ2) is 14.7. The van der Waals surface area contributed by atoms with Crippen molar-refractivity contribution in [2.45, 2.75) is 68.3 Å². The molecule has 0 radical (unpaired) electrons. The van der Waals surface area contributed by atoms with E-state index in [0.29, 0.717) is 24.7 Å². The minimum atomic E-state index is -3.57. The Morgan fingerprint density at radius 1 is 1.02 bits per heavy atom. The minimum Gasteiger partial charge on any atom is -0.453 e. The molecule has 3 aliphatic heterocycles. The highest BCUT2D eigenvalue weighted by Crippen LogP contribution is 2.52. The van der Waals surface area contributed by atoms with Gasteiger partial charge >= 0.3 is 6.09 Å². The second-order valence-corrected chi connectivity index (χ2v) is 18.0. The van der Waals surface area contributed by atoms with Crippen molar-refractivity contribution in [1.82, 2.24) is 20.0 Å². The van der Waals surface area contributed by atoms with Gasteiger partial charge in [0.15, 0.2) is 15.7 Å². The summed E-state index contributed by atoms with van der Waals surface area (Å²) in [5, 5.41) is 3.17. The van der Waals surface area contributed by atoms with Crippen LogP contribution in [0.3, 0.4) is 0 Å². The van der Waals surface area contributed by atoms with E-state index in [2.05, 4.69) is 28.1 Å². The Hall–Kier alpha value is -2.80. The van der Waals surface area contributed by atoms with Gasteiger partial charge in [-0.15, -0.1) is 0 Å². The highest BCUT2D eigenvalue weighted by molar-refractivity contribution is 7.90. The van der Waals surface area contributed by atoms with Gasteiger partial charge in [0.1, 0.15) is 5.82 Å². The number of nitrogens with one attached hydrogen (secondary N) is 1. The molecule has 1 aliphatic carbocycles. The van der Waals surface area contributed by atoms with E-state index in [1.165, 1.54) is 19.6 Å². The van der Waals surface area contributed by atoms with E-state index in [9.17, 15) is 13.2 Å². The lowest BCUT2D eigenvalue weighted by Gasteiger charge is -2.55. The summed E-state index contributed by atoms with van der Waals surface area (Å²) >= 11 is 0. The number of hydrogen-bond acceptors (Lipinski definition) is 8. The van der Waals surface area contributed by atoms with Crippen LogP contribution in [-0.4, -0.2) is 115 Å². The van der Waals surface area contributed by atoms with E-state index in [1.54, 1.807) is 37.2 Å². The smallest absolute Gasteiger partial charge is 0.407 e. The number of likely N-dealkylation sites (tertiary alicyclic amines) is 2. The number of benzene rings is 2. The molecule has 12 heteroatoms. The number of methoxy groups -OCH3 is 1. The molecule has 0 aromatic heterocycles. The largest absolute Gasteiger partial charge is 0.453 e. The molecule has 1 saturated carbocycles. The lowest BCUT2D eigenvalue weighted by molar-refractivity contribution is 0.0159. The fourth-order valence-corrected chi connectivity index (χ4v) is 10.6. The van der Waals surface area contributed by atoms with Crippen molar-refractivity contribution >= 4 is 21.6 Å². The van der Waals surface area contributed by atoms with Gasteiger partial charge in [-0.25, -0.2) is 22.0 Å². The molecule has 4 aliphatic rings. The number of amides is 1. The van der Waals surface area contributed by atoms with E-state index in [-0.39, 0.29) is 45.6 Å². The molecule has 0 spiro atoms. The Balaban J connectivity index is 1.19. The second-order valence-electron chi connectivity index (χ2n) is 16.1. The van der Waals surface area contributed by atoms with E-state index < -0.39 is 21.7 Å². The number of piperidine rings is 1. The summed E-state index contributed by atoms with van der Waals surface area (Å²) in [6.45, 7) is 9.51. The van der Waals surface area contributed by atoms with Crippen molar-refractivity contribution in [2.75, 3.05) is 84.7 Å². The summed E-state index contributed by atoms with van der Waals surface area (Å²) in [6, 6.07) is 10.4. The first kappa shape index (κ1) is 37.0. The van der Waals surface area contributed by atoms with Crippen molar-refractivity contribution in [3.63, 3.8) is 0 Å². The van der Waals surface area contributed by atoms with Crippen LogP contribution in [-0.2, 0) is 26.5 Å². The molecule has 276 valence electrons. The number of anilines is 1. The molecule has 3 saturated heterocycles. The van der Waals surface area contributed by atoms with Gasteiger partial charge in [-0.2, -0.15) is 0 Å². The Kier molecular flexibility index (Phi) is 10.9. The predicted octanol–water partition coefficient (Wildman–Crippen LogP) is 5.14. The average Bonchev–Trinajstić information content (AvgIpc) is 3.48. The maximum atomic E-state index is 15.9. The van der Waals surface area contributed by atoms with Crippen molar-refractivity contribution < 1.29 is 26.7 Å². The number of alkyl carbamates (subject to hydrolysis) is 1. The van der Waals surface area contributed by atoms with Gasteiger partial charge < -0.3 is 29.7 Å². The number of carbonyl (C=O) groups excluding carboxylic acids is 1. The third kappa shape index (κ3) is 7.54. The quantitative estimate of drug-likeness (QED) is 0.324. The minimum absolute atomic E-state index is 0.0324. The molecule has 2 aromatic carbocycles. The van der Waals surface area contributed by atoms with Crippen LogP contribution >= 0.6 is 0 Å². The predicted molar refractivity (Wildman–Crippen MR) is 192 cm³/mol. The third-order valence-corrected chi connectivity index (χ3v) is 13.1. The van der Waals surface area contributed by atoms with Crippen molar-refractivity contribution in [2.24, 2.45) is 17.3 Å². The van der Waals surface area contributed by atoms with Gasteiger partial charge in [0.25, 0.3) is 0 Å². The fourth-order valence-electron chi connectivity index (χ4n) is 9.68. The topological polar surface area (TPSA) is 85.4 Å². The van der Waals surface area contributed by atoms with Crippen LogP contribution in [0.4, 0.5) is 19.3 Å². The molecule has 1 N–H and O–H groups in total. The van der Waals surface area contributed by atoms with E-state index >= 15 is 8.78 Å². The lowest BCUT2D eigenvalue weighted by Crippen LogP contribution is -2.62. The van der Waals surface area contributed by atoms with Crippen LogP contribution in [0.15, 0.2) is 41.3 Å². The standard InChI is InChI=1S/C38H55F2N5O4S/c1-37(24-45(25-37)33-13-14-34(50(5,47)48)30(35(33)40)22-42(2)3)23-44-19-15-27(16-20-44)38(26-43-17-8-18-43,28-9-6-10-29(39)21-28)31-11-7-12-32(31)41-36(46)49-4/h6,9-10,13-14,21,27,31-32H,7-8,11-12,15-20,22-26H2,1-5H3,(H,41,46)/t31-,32-,38-/m0/s1. The zero-order valence-corrected chi connectivity index (χ0v) is 31.2. The van der Waals surface area contributed by atoms with Crippen LogP contribution in [0.25, 0.3) is 0 Å². The molecule has 2 aromatic rings. The van der Waals surface area contributed by atoms with Gasteiger partial charge in [-0.3, -0.25) is 0 Å². The number of nitrogens with zero attached hydrogens (tertiary/aromatic N) is 4. The maximum Gasteiger partial charge on any atom is 0.407 e. The summed E-state index contributed by atoms with van der Waals surface area (Å²) in [4.78, 5) is 21.4. The van der Waals surface area contributed by atoms with Crippen LogP contribution in [0, 0.1) is 28.9 Å². The molecular weight excluding hydrogens is 661 g/mol. The molecule has 3 atom stereocenters. The molecule has 0 unspecified atom stereocenters. The molecular formula is C38H55F2N5O4S. The number of ether oxygens (including phenoxy) is 1. The fraction of sp³-hybridized carbons (Fsp3) is 0.658. The van der Waals surface area contributed by atoms with Gasteiger partial charge in [0.2, 0.25) is 0 Å². The van der Waals surface area contributed by atoms with Gasteiger partial charge in [0.05, 0.1) is 17.7 Å². The Bertz CT molecular complexity index is 1640. The summed E-state index contributed by atoms with van der Waals surface area (Å²) in [7, 11) is 1.45. The first-order valence-corrected chi connectivity index (χ1v) is 20.1. The van der Waals surface area contributed by atoms with Gasteiger partial charge in [-0.05, 0) is 114 Å². The van der Waals surface area contributed by atoms with E-state index in [0.717, 1.165) is 83.2 Å². The number of carbonyl (C=O) groups is 1. The lowest BCUT2D eigenvalue weighted by atomic mass is 9.57. The molecule has 3 heterocycles. The Morgan fingerprint density at radius 3 is 2.34 bits per heavy atom. The SMILES string of the molecule is COC(=O)N[C@H]1CCC[C@@H]1[C@](CN1CCC1)(c1cccc(F)c1)C1CCN(CC2(C)CN(c3ccc(S(C)(=O)=O)c(CN(C)C)c3F)C2)CC1. The molecule has 9 nitrogen and oxygen atoms in total. The number of rotatable bonds is 12. The summed E-state index contributed by atoms with van der Waals surface area (Å²) in [5.74, 6) is -0.191. The summed E-state index contributed by atoms with van der Waals surface area (Å²) in [6.07, 6.45) is 6.72. The molecule has 1 amide bonds. The first-order valence-electron chi connectivity index (χ1n) is 18.2. The van der Waals surface area contributed by atoms with E-state index in [4.69, 9.17) is 4.74 Å². The van der Waals surface area contributed by atoms with Gasteiger partial charge in [0, 0.05) is 61.4 Å². The zero-order valence-electron chi connectivity index (χ0n) is 30.4. The highest BCUT2D eigenvalue weighted by atomic mass is 32.2. The Morgan fingerprint density at radius 2 is 1.74 bits per heavy atom. The van der Waals surface area contributed by atoms with E-state index in [1.807, 2.05) is 11.0 Å². The molecule has 4 fully saturated rings. The highest BCUT2D eigenvalue weighted by Gasteiger charge is 2.53. The van der Waals surface area contributed by atoms with Crippen molar-refractivity contribution in [3.8, 4) is 0 Å². The Labute approximate surface area is 297 Å². The monoisotopic (exact) mass is 715 g/mol. The van der Waals surface area contributed by atoms with Crippen LogP contribution in [0.5, 0.6) is 0 Å².